The number of unbranched alkanes of at least 4 members (excludes halogenated alkanes) is 12. The van der Waals surface area contributed by atoms with E-state index in [-0.39, 0.29) is 11.9 Å². The van der Waals surface area contributed by atoms with Gasteiger partial charge in [0.1, 0.15) is 15.6 Å². The second-order valence-corrected chi connectivity index (χ2v) is 11.3. The third-order valence-corrected chi connectivity index (χ3v) is 6.88. The van der Waals surface area contributed by atoms with Crippen molar-refractivity contribution in [3.63, 3.8) is 0 Å². The van der Waals surface area contributed by atoms with Gasteiger partial charge in [0.15, 0.2) is 0 Å². The van der Waals surface area contributed by atoms with E-state index in [0.717, 1.165) is 12.2 Å². The Morgan fingerprint density at radius 2 is 1.42 bits per heavy atom. The van der Waals surface area contributed by atoms with E-state index in [2.05, 4.69) is 26.0 Å². The van der Waals surface area contributed by atoms with Gasteiger partial charge in [0, 0.05) is 6.26 Å². The molecule has 0 aliphatic rings. The van der Waals surface area contributed by atoms with Crippen LogP contribution < -0.4 is 4.74 Å². The van der Waals surface area contributed by atoms with E-state index in [1.54, 1.807) is 0 Å². The predicted molar refractivity (Wildman–Crippen MR) is 135 cm³/mol. The molecule has 1 aromatic carbocycles. The molecule has 0 aromatic heterocycles. The van der Waals surface area contributed by atoms with E-state index >= 15 is 0 Å². The second kappa shape index (κ2) is 17.5. The fraction of sp³-hybridized carbons (Fsp3) is 0.741. The summed E-state index contributed by atoms with van der Waals surface area (Å²) in [5.74, 6) is 0.973. The fourth-order valence-corrected chi connectivity index (χ4v) is 4.61. The van der Waals surface area contributed by atoms with Crippen LogP contribution in [0.3, 0.4) is 0 Å². The number of rotatable bonds is 20. The highest BCUT2D eigenvalue weighted by Gasteiger charge is 2.12. The van der Waals surface area contributed by atoms with Crippen molar-refractivity contribution in [1.29, 1.82) is 0 Å². The first-order chi connectivity index (χ1) is 14.9. The van der Waals surface area contributed by atoms with E-state index in [0.29, 0.717) is 12.8 Å². The van der Waals surface area contributed by atoms with Crippen LogP contribution in [0.2, 0.25) is 0 Å². The van der Waals surface area contributed by atoms with Crippen molar-refractivity contribution in [2.45, 2.75) is 116 Å². The van der Waals surface area contributed by atoms with Gasteiger partial charge in [-0.2, -0.15) is 0 Å². The zero-order valence-electron chi connectivity index (χ0n) is 20.2. The monoisotopic (exact) mass is 451 g/mol. The first kappa shape index (κ1) is 28.0. The number of hydrogen-bond donors (Lipinski definition) is 0. The van der Waals surface area contributed by atoms with Gasteiger partial charge in [0.25, 0.3) is 0 Å². The van der Waals surface area contributed by atoms with Gasteiger partial charge in [-0.3, -0.25) is 0 Å². The molecule has 0 spiro atoms. The van der Waals surface area contributed by atoms with Gasteiger partial charge in [0.05, 0.1) is 11.9 Å². The molecule has 1 unspecified atom stereocenters. The number of hydrogen-bond acceptors (Lipinski definition) is 3. The number of aryl methyl sites for hydroxylation is 1. The minimum absolute atomic E-state index is 0.145. The molecule has 0 saturated heterocycles. The minimum Gasteiger partial charge on any atom is -0.490 e. The highest BCUT2D eigenvalue weighted by Crippen LogP contribution is 2.20. The molecule has 179 valence electrons. The lowest BCUT2D eigenvalue weighted by Gasteiger charge is -2.17. The molecule has 0 fully saturated rings. The molecule has 1 radical (unpaired) electrons. The summed E-state index contributed by atoms with van der Waals surface area (Å²) >= 11 is 0. The molecule has 0 N–H and O–H groups in total. The molecule has 0 saturated carbocycles. The van der Waals surface area contributed by atoms with E-state index in [1.807, 2.05) is 12.1 Å². The van der Waals surface area contributed by atoms with E-state index < -0.39 is 9.84 Å². The SMILES string of the molecule is [CH2]CC(CCS(C)(=O)=O)Oc1cccc(CCCCCCCCCCCCCCC)c1. The first-order valence-corrected chi connectivity index (χ1v) is 14.7. The summed E-state index contributed by atoms with van der Waals surface area (Å²) in [7, 11) is -2.97. The Morgan fingerprint density at radius 1 is 0.871 bits per heavy atom. The standard InChI is InChI=1S/C27H47O3S/c1-4-6-7-8-9-10-11-12-13-14-15-16-17-19-25-20-18-21-27(24-25)30-26(5-2)22-23-31(3,28)29/h18,20-21,24,26H,2,4-17,19,22-23H2,1,3H3. The van der Waals surface area contributed by atoms with Crippen molar-refractivity contribution >= 4 is 9.84 Å². The zero-order chi connectivity index (χ0) is 22.8. The molecule has 1 aromatic rings. The highest BCUT2D eigenvalue weighted by atomic mass is 32.2. The third-order valence-electron chi connectivity index (χ3n) is 5.90. The van der Waals surface area contributed by atoms with Gasteiger partial charge < -0.3 is 4.74 Å². The molecule has 0 bridgehead atoms. The quantitative estimate of drug-likeness (QED) is 0.190. The lowest BCUT2D eigenvalue weighted by molar-refractivity contribution is 0.200. The summed E-state index contributed by atoms with van der Waals surface area (Å²) in [6.45, 7) is 6.18. The third kappa shape index (κ3) is 16.3. The highest BCUT2D eigenvalue weighted by molar-refractivity contribution is 7.90. The molecule has 0 aliphatic carbocycles. The minimum atomic E-state index is -2.97. The lowest BCUT2D eigenvalue weighted by Crippen LogP contribution is -2.20. The van der Waals surface area contributed by atoms with Gasteiger partial charge in [-0.1, -0.05) is 96.1 Å². The number of sulfone groups is 1. The Balaban J connectivity index is 2.12. The second-order valence-electron chi connectivity index (χ2n) is 9.09. The van der Waals surface area contributed by atoms with E-state index in [9.17, 15) is 8.42 Å². The van der Waals surface area contributed by atoms with E-state index in [4.69, 9.17) is 4.74 Å². The maximum Gasteiger partial charge on any atom is 0.147 e. The Hall–Kier alpha value is -1.03. The van der Waals surface area contributed by atoms with Gasteiger partial charge in [-0.15, -0.1) is 0 Å². The van der Waals surface area contributed by atoms with E-state index in [1.165, 1.54) is 95.3 Å². The summed E-state index contributed by atoms with van der Waals surface area (Å²) in [5, 5.41) is 0. The van der Waals surface area contributed by atoms with Crippen LogP contribution in [0.4, 0.5) is 0 Å². The van der Waals surface area contributed by atoms with Crippen LogP contribution >= 0.6 is 0 Å². The van der Waals surface area contributed by atoms with Gasteiger partial charge in [-0.25, -0.2) is 8.42 Å². The summed E-state index contributed by atoms with van der Waals surface area (Å²) in [5.41, 5.74) is 1.30. The topological polar surface area (TPSA) is 43.4 Å². The predicted octanol–water partition coefficient (Wildman–Crippen LogP) is 7.73. The van der Waals surface area contributed by atoms with Gasteiger partial charge in [-0.05, 0) is 50.3 Å². The summed E-state index contributed by atoms with van der Waals surface area (Å²) < 4.78 is 28.8. The van der Waals surface area contributed by atoms with Crippen molar-refractivity contribution in [3.8, 4) is 5.75 Å². The smallest absolute Gasteiger partial charge is 0.147 e. The zero-order valence-corrected chi connectivity index (χ0v) is 21.1. The van der Waals surface area contributed by atoms with Crippen LogP contribution in [0.25, 0.3) is 0 Å². The Labute approximate surface area is 193 Å². The Kier molecular flexibility index (Phi) is 15.8. The van der Waals surface area contributed by atoms with Crippen molar-refractivity contribution in [1.82, 2.24) is 0 Å². The molecule has 0 amide bonds. The van der Waals surface area contributed by atoms with Crippen LogP contribution in [-0.4, -0.2) is 26.5 Å². The lowest BCUT2D eigenvalue weighted by atomic mass is 10.0. The molecule has 31 heavy (non-hydrogen) atoms. The first-order valence-electron chi connectivity index (χ1n) is 12.7. The number of ether oxygens (including phenoxy) is 1. The van der Waals surface area contributed by atoms with Crippen LogP contribution in [-0.2, 0) is 16.3 Å². The summed E-state index contributed by atoms with van der Waals surface area (Å²) in [4.78, 5) is 0. The summed E-state index contributed by atoms with van der Waals surface area (Å²) in [6.07, 6.45) is 21.1. The molecule has 3 nitrogen and oxygen atoms in total. The summed E-state index contributed by atoms with van der Waals surface area (Å²) in [6, 6.07) is 8.24. The fourth-order valence-electron chi connectivity index (χ4n) is 3.92. The van der Waals surface area contributed by atoms with Gasteiger partial charge >= 0.3 is 0 Å². The van der Waals surface area contributed by atoms with Crippen molar-refractivity contribution in [3.05, 3.63) is 36.8 Å². The maximum absolute atomic E-state index is 11.4. The molecule has 1 rings (SSSR count). The Bertz CT molecular complexity index is 654. The molecule has 1 atom stereocenters. The molecule has 0 heterocycles. The Morgan fingerprint density at radius 3 is 1.94 bits per heavy atom. The van der Waals surface area contributed by atoms with Crippen LogP contribution in [0.15, 0.2) is 24.3 Å². The normalized spacial score (nSPS) is 12.7. The van der Waals surface area contributed by atoms with Crippen LogP contribution in [0.5, 0.6) is 5.75 Å². The molecule has 4 heteroatoms. The largest absolute Gasteiger partial charge is 0.490 e. The molecule has 0 aliphatic heterocycles. The van der Waals surface area contributed by atoms with Crippen molar-refractivity contribution in [2.75, 3.05) is 12.0 Å². The number of benzene rings is 1. The maximum atomic E-state index is 11.4. The molecular weight excluding hydrogens is 404 g/mol. The van der Waals surface area contributed by atoms with Gasteiger partial charge in [0.2, 0.25) is 0 Å². The van der Waals surface area contributed by atoms with Crippen molar-refractivity contribution in [2.24, 2.45) is 0 Å². The van der Waals surface area contributed by atoms with Crippen LogP contribution in [0.1, 0.15) is 109 Å². The van der Waals surface area contributed by atoms with Crippen LogP contribution in [0, 0.1) is 6.92 Å². The molecular formula is C27H47O3S. The average molecular weight is 452 g/mol. The average Bonchev–Trinajstić information content (AvgIpc) is 2.74. The van der Waals surface area contributed by atoms with Crippen molar-refractivity contribution < 1.29 is 13.2 Å².